The molecular weight excluding hydrogens is 156 g/mol. The van der Waals surface area contributed by atoms with Crippen LogP contribution in [0.25, 0.3) is 0 Å². The molecule has 0 amide bonds. The lowest BCUT2D eigenvalue weighted by Crippen LogP contribution is -1.93. The first-order chi connectivity index (χ1) is 6.02. The molecule has 0 heteroatoms. The lowest BCUT2D eigenvalue weighted by atomic mass is 10.0. The molecule has 0 aromatic rings. The van der Waals surface area contributed by atoms with E-state index in [1.165, 1.54) is 19.3 Å². The van der Waals surface area contributed by atoms with Crippen molar-refractivity contribution in [2.45, 2.75) is 53.9 Å². The summed E-state index contributed by atoms with van der Waals surface area (Å²) >= 11 is 0. The van der Waals surface area contributed by atoms with Crippen LogP contribution in [-0.2, 0) is 0 Å². The molecule has 0 heterocycles. The molecule has 0 N–H and O–H groups in total. The topological polar surface area (TPSA) is 0 Å². The largest absolute Gasteiger partial charge is 0.0628 e. The monoisotopic (exact) mass is 182 g/mol. The van der Waals surface area contributed by atoms with Crippen molar-refractivity contribution in [2.24, 2.45) is 29.6 Å². The highest BCUT2D eigenvalue weighted by atomic mass is 14.5. The van der Waals surface area contributed by atoms with Gasteiger partial charge in [0.1, 0.15) is 0 Å². The van der Waals surface area contributed by atoms with Gasteiger partial charge in [-0.1, -0.05) is 41.0 Å². The van der Waals surface area contributed by atoms with Gasteiger partial charge in [0.15, 0.2) is 0 Å². The van der Waals surface area contributed by atoms with Crippen LogP contribution in [0.1, 0.15) is 53.9 Å². The van der Waals surface area contributed by atoms with Crippen LogP contribution in [0.3, 0.4) is 0 Å². The molecule has 1 fully saturated rings. The average Bonchev–Trinajstić information content (AvgIpc) is 2.57. The van der Waals surface area contributed by atoms with Gasteiger partial charge in [-0.25, -0.2) is 0 Å². The maximum Gasteiger partial charge on any atom is -0.0352 e. The first-order valence-corrected chi connectivity index (χ1v) is 6.02. The molecule has 3 atom stereocenters. The fourth-order valence-corrected chi connectivity index (χ4v) is 2.57. The molecule has 3 unspecified atom stereocenters. The molecule has 0 aromatic heterocycles. The molecule has 0 radical (unpaired) electrons. The Kier molecular flexibility index (Phi) is 3.82. The summed E-state index contributed by atoms with van der Waals surface area (Å²) in [6.07, 6.45) is 4.38. The van der Waals surface area contributed by atoms with E-state index in [0.29, 0.717) is 0 Å². The highest BCUT2D eigenvalue weighted by Gasteiger charge is 2.45. The van der Waals surface area contributed by atoms with Gasteiger partial charge in [-0.2, -0.15) is 0 Å². The van der Waals surface area contributed by atoms with E-state index in [2.05, 4.69) is 34.6 Å². The Morgan fingerprint density at radius 1 is 0.923 bits per heavy atom. The van der Waals surface area contributed by atoms with Crippen molar-refractivity contribution in [3.63, 3.8) is 0 Å². The lowest BCUT2D eigenvalue weighted by Gasteiger charge is -2.05. The Bertz CT molecular complexity index is 146. The third-order valence-electron chi connectivity index (χ3n) is 3.58. The molecule has 1 aliphatic rings. The molecule has 1 saturated carbocycles. The fourth-order valence-electron chi connectivity index (χ4n) is 2.57. The summed E-state index contributed by atoms with van der Waals surface area (Å²) in [7, 11) is 0. The second-order valence-corrected chi connectivity index (χ2v) is 5.79. The average molecular weight is 182 g/mol. The SMILES string of the molecule is CC(C)CCC1C(C)C1CC(C)C. The molecular formula is C13H26. The quantitative estimate of drug-likeness (QED) is 0.593. The minimum atomic E-state index is 0.896. The Morgan fingerprint density at radius 3 is 2.00 bits per heavy atom. The summed E-state index contributed by atoms with van der Waals surface area (Å²) in [5.74, 6) is 4.97. The van der Waals surface area contributed by atoms with E-state index in [0.717, 1.165) is 29.6 Å². The van der Waals surface area contributed by atoms with Gasteiger partial charge in [-0.05, 0) is 42.4 Å². The molecule has 0 saturated heterocycles. The van der Waals surface area contributed by atoms with Crippen LogP contribution < -0.4 is 0 Å². The Labute approximate surface area is 84.1 Å². The third-order valence-corrected chi connectivity index (χ3v) is 3.58. The Morgan fingerprint density at radius 2 is 1.54 bits per heavy atom. The van der Waals surface area contributed by atoms with E-state index >= 15 is 0 Å². The predicted octanol–water partition coefficient (Wildman–Crippen LogP) is 4.35. The zero-order valence-electron chi connectivity index (χ0n) is 10.0. The van der Waals surface area contributed by atoms with Crippen molar-refractivity contribution < 1.29 is 0 Å². The smallest absolute Gasteiger partial charge is 0.0352 e. The van der Waals surface area contributed by atoms with E-state index in [1.54, 1.807) is 0 Å². The summed E-state index contributed by atoms with van der Waals surface area (Å²) < 4.78 is 0. The molecule has 0 spiro atoms. The third kappa shape index (κ3) is 3.32. The summed E-state index contributed by atoms with van der Waals surface area (Å²) in [6.45, 7) is 11.8. The first kappa shape index (κ1) is 11.1. The zero-order valence-corrected chi connectivity index (χ0v) is 10.0. The van der Waals surface area contributed by atoms with Crippen LogP contribution in [-0.4, -0.2) is 0 Å². The van der Waals surface area contributed by atoms with Gasteiger partial charge in [0.25, 0.3) is 0 Å². The van der Waals surface area contributed by atoms with Gasteiger partial charge in [-0.15, -0.1) is 0 Å². The summed E-state index contributed by atoms with van der Waals surface area (Å²) in [5.41, 5.74) is 0. The summed E-state index contributed by atoms with van der Waals surface area (Å²) in [4.78, 5) is 0. The van der Waals surface area contributed by atoms with Crippen molar-refractivity contribution in [3.05, 3.63) is 0 Å². The van der Waals surface area contributed by atoms with Crippen LogP contribution >= 0.6 is 0 Å². The van der Waals surface area contributed by atoms with Crippen LogP contribution in [0.4, 0.5) is 0 Å². The van der Waals surface area contributed by atoms with Gasteiger partial charge in [-0.3, -0.25) is 0 Å². The minimum absolute atomic E-state index is 0.896. The fraction of sp³-hybridized carbons (Fsp3) is 1.00. The summed E-state index contributed by atoms with van der Waals surface area (Å²) in [6, 6.07) is 0. The van der Waals surface area contributed by atoms with Crippen molar-refractivity contribution in [2.75, 3.05) is 0 Å². The van der Waals surface area contributed by atoms with Crippen molar-refractivity contribution in [3.8, 4) is 0 Å². The standard InChI is InChI=1S/C13H26/c1-9(2)6-7-12-11(5)13(12)8-10(3)4/h9-13H,6-8H2,1-5H3. The number of hydrogen-bond acceptors (Lipinski definition) is 0. The molecule has 78 valence electrons. The normalized spacial score (nSPS) is 33.0. The minimum Gasteiger partial charge on any atom is -0.0628 e. The highest BCUT2D eigenvalue weighted by Crippen LogP contribution is 2.52. The number of hydrogen-bond donors (Lipinski definition) is 0. The molecule has 0 bridgehead atoms. The highest BCUT2D eigenvalue weighted by molar-refractivity contribution is 4.94. The number of rotatable bonds is 5. The van der Waals surface area contributed by atoms with E-state index in [-0.39, 0.29) is 0 Å². The van der Waals surface area contributed by atoms with Gasteiger partial charge in [0.2, 0.25) is 0 Å². The van der Waals surface area contributed by atoms with Crippen LogP contribution in [0, 0.1) is 29.6 Å². The van der Waals surface area contributed by atoms with E-state index in [1.807, 2.05) is 0 Å². The molecule has 0 aliphatic heterocycles. The second kappa shape index (κ2) is 4.48. The van der Waals surface area contributed by atoms with Crippen LogP contribution in [0.5, 0.6) is 0 Å². The maximum atomic E-state index is 2.44. The van der Waals surface area contributed by atoms with Gasteiger partial charge in [0.05, 0.1) is 0 Å². The molecule has 1 aliphatic carbocycles. The van der Waals surface area contributed by atoms with Gasteiger partial charge < -0.3 is 0 Å². The summed E-state index contributed by atoms with van der Waals surface area (Å²) in [5, 5.41) is 0. The Balaban J connectivity index is 2.16. The van der Waals surface area contributed by atoms with E-state index in [4.69, 9.17) is 0 Å². The van der Waals surface area contributed by atoms with Crippen molar-refractivity contribution in [1.29, 1.82) is 0 Å². The lowest BCUT2D eigenvalue weighted by molar-refractivity contribution is 0.468. The van der Waals surface area contributed by atoms with E-state index in [9.17, 15) is 0 Å². The molecule has 0 aromatic carbocycles. The predicted molar refractivity (Wildman–Crippen MR) is 59.7 cm³/mol. The second-order valence-electron chi connectivity index (χ2n) is 5.79. The van der Waals surface area contributed by atoms with Crippen LogP contribution in [0.15, 0.2) is 0 Å². The van der Waals surface area contributed by atoms with Crippen molar-refractivity contribution in [1.82, 2.24) is 0 Å². The molecule has 0 nitrogen and oxygen atoms in total. The van der Waals surface area contributed by atoms with Gasteiger partial charge in [0, 0.05) is 0 Å². The van der Waals surface area contributed by atoms with Gasteiger partial charge >= 0.3 is 0 Å². The zero-order chi connectivity index (χ0) is 10.0. The van der Waals surface area contributed by atoms with Crippen molar-refractivity contribution >= 4 is 0 Å². The maximum absolute atomic E-state index is 2.44. The molecule has 1 rings (SSSR count). The van der Waals surface area contributed by atoms with E-state index < -0.39 is 0 Å². The first-order valence-electron chi connectivity index (χ1n) is 6.02. The molecule has 13 heavy (non-hydrogen) atoms. The Hall–Kier alpha value is 0. The van der Waals surface area contributed by atoms with Crippen LogP contribution in [0.2, 0.25) is 0 Å².